The minimum atomic E-state index is -0.515. The van der Waals surface area contributed by atoms with Crippen LogP contribution in [0.2, 0.25) is 0 Å². The topological polar surface area (TPSA) is 43.6 Å². The summed E-state index contributed by atoms with van der Waals surface area (Å²) in [7, 11) is 0. The zero-order valence-corrected chi connectivity index (χ0v) is 20.3. The van der Waals surface area contributed by atoms with E-state index in [0.29, 0.717) is 15.8 Å². The van der Waals surface area contributed by atoms with E-state index in [1.165, 1.54) is 4.57 Å². The summed E-state index contributed by atoms with van der Waals surface area (Å²) in [5, 5.41) is 0.249. The van der Waals surface area contributed by atoms with Gasteiger partial charge in [0.2, 0.25) is 5.95 Å². The van der Waals surface area contributed by atoms with Crippen molar-refractivity contribution < 1.29 is 13.7 Å². The maximum atomic E-state index is 9.21. The Labute approximate surface area is 236 Å². The summed E-state index contributed by atoms with van der Waals surface area (Å²) in [6, 6.07) is 14.2. The van der Waals surface area contributed by atoms with Gasteiger partial charge in [-0.2, -0.15) is 9.97 Å². The normalized spacial score (nSPS) is 15.4. The first-order chi connectivity index (χ1) is 23.0. The molecule has 5 aromatic carbocycles. The van der Waals surface area contributed by atoms with Crippen LogP contribution in [0.5, 0.6) is 0 Å². The molecule has 0 spiro atoms. The van der Waals surface area contributed by atoms with Gasteiger partial charge in [0.15, 0.2) is 11.6 Å². The van der Waals surface area contributed by atoms with Gasteiger partial charge in [-0.15, -0.1) is 11.3 Å². The van der Waals surface area contributed by atoms with E-state index in [1.54, 1.807) is 0 Å². The van der Waals surface area contributed by atoms with Gasteiger partial charge in [0.05, 0.1) is 29.4 Å². The van der Waals surface area contributed by atoms with E-state index < -0.39 is 36.3 Å². The zero-order chi connectivity index (χ0) is 33.8. The number of benzene rings is 5. The molecule has 3 aromatic heterocycles. The van der Waals surface area contributed by atoms with Gasteiger partial charge < -0.3 is 0 Å². The fourth-order valence-electron chi connectivity index (χ4n) is 4.66. The van der Waals surface area contributed by atoms with Crippen LogP contribution < -0.4 is 0 Å². The predicted octanol–water partition coefficient (Wildman–Crippen LogP) is 8.67. The lowest BCUT2D eigenvalue weighted by molar-refractivity contribution is 0.955. The minimum Gasteiger partial charge on any atom is -0.276 e. The van der Waals surface area contributed by atoms with Gasteiger partial charge in [-0.3, -0.25) is 4.57 Å². The molecule has 0 radical (unpaired) electrons. The molecule has 0 aliphatic heterocycles. The molecule has 0 atom stereocenters. The number of thiophene rings is 1. The van der Waals surface area contributed by atoms with Gasteiger partial charge in [-0.25, -0.2) is 4.98 Å². The molecule has 0 saturated heterocycles. The monoisotopic (exact) mass is 514 g/mol. The van der Waals surface area contributed by atoms with Crippen molar-refractivity contribution in [2.24, 2.45) is 0 Å². The van der Waals surface area contributed by atoms with Gasteiger partial charge >= 0.3 is 0 Å². The molecule has 0 fully saturated rings. The quantitative estimate of drug-likeness (QED) is 0.237. The van der Waals surface area contributed by atoms with E-state index in [9.17, 15) is 1.37 Å². The van der Waals surface area contributed by atoms with E-state index in [4.69, 9.17) is 27.3 Å². The second-order valence-corrected chi connectivity index (χ2v) is 9.58. The molecule has 0 aliphatic carbocycles. The smallest absolute Gasteiger partial charge is 0.238 e. The Hall–Kier alpha value is -4.87. The Morgan fingerprint density at radius 2 is 1.18 bits per heavy atom. The largest absolute Gasteiger partial charge is 0.276 e. The van der Waals surface area contributed by atoms with Crippen molar-refractivity contribution in [3.63, 3.8) is 0 Å². The Kier molecular flexibility index (Phi) is 2.98. The van der Waals surface area contributed by atoms with Gasteiger partial charge in [0.25, 0.3) is 0 Å². The lowest BCUT2D eigenvalue weighted by atomic mass is 10.1. The Morgan fingerprint density at radius 1 is 0.579 bits per heavy atom. The molecule has 8 rings (SSSR count). The maximum absolute atomic E-state index is 9.21. The highest BCUT2D eigenvalue weighted by Gasteiger charge is 2.20. The molecule has 0 amide bonds. The molecule has 178 valence electrons. The third-order valence-electron chi connectivity index (χ3n) is 6.35. The first-order valence-electron chi connectivity index (χ1n) is 16.7. The van der Waals surface area contributed by atoms with Crippen LogP contribution in [-0.4, -0.2) is 19.5 Å². The second-order valence-electron chi connectivity index (χ2n) is 8.56. The predicted molar refractivity (Wildman–Crippen MR) is 158 cm³/mol. The Bertz CT molecular complexity index is 2620. The number of hydrogen-bond acceptors (Lipinski definition) is 4. The molecule has 0 unspecified atom stereocenters. The maximum Gasteiger partial charge on any atom is 0.238 e. The summed E-state index contributed by atoms with van der Waals surface area (Å²) < 4.78 is 89.2. The Morgan fingerprint density at radius 3 is 1.89 bits per heavy atom. The van der Waals surface area contributed by atoms with Gasteiger partial charge in [0.1, 0.15) is 0 Å². The molecule has 0 N–H and O–H groups in total. The number of nitrogens with zero attached hydrogens (tertiary/aromatic N) is 4. The van der Waals surface area contributed by atoms with Crippen molar-refractivity contribution in [1.29, 1.82) is 0 Å². The van der Waals surface area contributed by atoms with Crippen LogP contribution in [-0.2, 0) is 0 Å². The lowest BCUT2D eigenvalue weighted by Crippen LogP contribution is -2.06. The van der Waals surface area contributed by atoms with Crippen LogP contribution in [0, 0.1) is 0 Å². The van der Waals surface area contributed by atoms with Crippen molar-refractivity contribution in [3.05, 3.63) is 121 Å². The standard InChI is InChI=1S/C33H20N4S/c1-3-11-21(12-4-1)31-34-32(22-13-5-2-6-14-22)36-33(35-31)37-27-17-9-7-15-23(27)25-19-20-26-24-16-8-10-18-28(24)38-30(26)29(25)37/h1-20H/i7D,8D,9D,10D,15D,16D,17D,18D,19D,20D. The van der Waals surface area contributed by atoms with Crippen LogP contribution in [0.15, 0.2) is 121 Å². The number of hydrogen-bond donors (Lipinski definition) is 0. The van der Waals surface area contributed by atoms with Crippen molar-refractivity contribution in [2.75, 3.05) is 0 Å². The van der Waals surface area contributed by atoms with Crippen molar-refractivity contribution in [1.82, 2.24) is 19.5 Å². The lowest BCUT2D eigenvalue weighted by Gasteiger charge is -2.11. The third-order valence-corrected chi connectivity index (χ3v) is 7.46. The summed E-state index contributed by atoms with van der Waals surface area (Å²) in [6.45, 7) is 0. The summed E-state index contributed by atoms with van der Waals surface area (Å²) >= 11 is 1.00. The van der Waals surface area contributed by atoms with E-state index in [-0.39, 0.29) is 79.0 Å². The highest BCUT2D eigenvalue weighted by Crippen LogP contribution is 2.42. The Balaban J connectivity index is 1.66. The van der Waals surface area contributed by atoms with Crippen molar-refractivity contribution in [3.8, 4) is 28.7 Å². The molecule has 8 aromatic rings. The fourth-order valence-corrected chi connectivity index (χ4v) is 5.77. The molecule has 3 heterocycles. The first kappa shape index (κ1) is 13.6. The molecule has 0 aliphatic rings. The van der Waals surface area contributed by atoms with E-state index in [0.717, 1.165) is 11.3 Å². The van der Waals surface area contributed by atoms with Crippen molar-refractivity contribution >= 4 is 53.3 Å². The summed E-state index contributed by atoms with van der Waals surface area (Å²) in [6.07, 6.45) is 0. The molecule has 0 saturated carbocycles. The number of rotatable bonds is 3. The second kappa shape index (κ2) is 8.33. The van der Waals surface area contributed by atoms with Gasteiger partial charge in [-0.05, 0) is 12.1 Å². The SMILES string of the molecule is [2H]c1c([2H])c([2H])c2c(sc3c2c([2H])c([2H])c2c4c([2H])c([2H])c([2H])c([2H])c4n(-c4nc(-c5ccccc5)nc(-c5ccccc5)n4)c32)c1[2H]. The van der Waals surface area contributed by atoms with Crippen LogP contribution in [0.3, 0.4) is 0 Å². The highest BCUT2D eigenvalue weighted by atomic mass is 32.1. The fraction of sp³-hybridized carbons (Fsp3) is 0. The molecule has 38 heavy (non-hydrogen) atoms. The zero-order valence-electron chi connectivity index (χ0n) is 29.5. The molecule has 0 bridgehead atoms. The van der Waals surface area contributed by atoms with Gasteiger partial charge in [0, 0.05) is 37.4 Å². The molecular formula is C33H20N4S. The van der Waals surface area contributed by atoms with Crippen LogP contribution >= 0.6 is 11.3 Å². The summed E-state index contributed by atoms with van der Waals surface area (Å²) in [5.74, 6) is 0.555. The molecule has 5 heteroatoms. The highest BCUT2D eigenvalue weighted by molar-refractivity contribution is 7.26. The molecular weight excluding hydrogens is 484 g/mol. The average Bonchev–Trinajstić information content (AvgIpc) is 3.69. The summed E-state index contributed by atoms with van der Waals surface area (Å²) in [5.41, 5.74) is 1.49. The van der Waals surface area contributed by atoms with Crippen LogP contribution in [0.4, 0.5) is 0 Å². The van der Waals surface area contributed by atoms with E-state index in [2.05, 4.69) is 0 Å². The number of aromatic nitrogens is 4. The number of para-hydroxylation sites is 1. The van der Waals surface area contributed by atoms with E-state index in [1.807, 2.05) is 60.7 Å². The van der Waals surface area contributed by atoms with Crippen molar-refractivity contribution in [2.45, 2.75) is 0 Å². The number of fused-ring (bicyclic) bond motifs is 7. The van der Waals surface area contributed by atoms with Gasteiger partial charge in [-0.1, -0.05) is 109 Å². The summed E-state index contributed by atoms with van der Waals surface area (Å²) in [4.78, 5) is 14.4. The van der Waals surface area contributed by atoms with Crippen LogP contribution in [0.25, 0.3) is 70.7 Å². The minimum absolute atomic E-state index is 0.00338. The van der Waals surface area contributed by atoms with Crippen LogP contribution in [0.1, 0.15) is 13.7 Å². The third kappa shape index (κ3) is 3.19. The first-order valence-corrected chi connectivity index (χ1v) is 12.6. The molecule has 4 nitrogen and oxygen atoms in total. The van der Waals surface area contributed by atoms with E-state index >= 15 is 0 Å². The average molecular weight is 515 g/mol.